The van der Waals surface area contributed by atoms with Crippen molar-refractivity contribution in [3.63, 3.8) is 0 Å². The minimum atomic E-state index is -0.960. The number of amidine groups is 1. The number of carbonyl (C=O) groups is 2. The Labute approximate surface area is 226 Å². The fraction of sp³-hybridized carbons (Fsp3) is 0.440. The molecular weight excluding hydrogens is 567 g/mol. The van der Waals surface area contributed by atoms with Gasteiger partial charge in [-0.15, -0.1) is 11.3 Å². The summed E-state index contributed by atoms with van der Waals surface area (Å²) in [6.45, 7) is 5.08. The molecule has 2 atom stereocenters. The lowest BCUT2D eigenvalue weighted by Crippen LogP contribution is -2.51. The average Bonchev–Trinajstić information content (AvgIpc) is 3.39. The molecule has 2 aromatic rings. The zero-order valence-electron chi connectivity index (χ0n) is 20.7. The first-order valence-electron chi connectivity index (χ1n) is 11.7. The summed E-state index contributed by atoms with van der Waals surface area (Å²) in [5, 5.41) is 15.4. The van der Waals surface area contributed by atoms with Crippen LogP contribution in [0.5, 0.6) is 0 Å². The lowest BCUT2D eigenvalue weighted by atomic mass is 9.85. The molecule has 0 aliphatic carbocycles. The fourth-order valence-corrected chi connectivity index (χ4v) is 5.59. The Balaban J connectivity index is 1.78. The van der Waals surface area contributed by atoms with E-state index in [1.54, 1.807) is 26.1 Å². The van der Waals surface area contributed by atoms with Gasteiger partial charge in [0.05, 0.1) is 31.3 Å². The normalized spacial score (nSPS) is 20.8. The molecule has 9 nitrogen and oxygen atoms in total. The standard InChI is InChI=1S/C25H28BrFN4O5S/c1-25(2,24(33)34)11-15-13-36-8-7-31(15)12-18-19(23(32)35-3)20(16-5-4-14(27)10-17(16)26)30-21(29-18)22-28-6-9-37-22/h4-6,9-10,15,20H,7-8,11-13H2,1-3H3,(H,29,30)(H,33,34)/t15?,20-/m0/s1. The molecular formula is C25H28BrFN4O5S. The lowest BCUT2D eigenvalue weighted by molar-refractivity contribution is -0.149. The van der Waals surface area contributed by atoms with E-state index in [2.05, 4.69) is 31.1 Å². The molecule has 1 saturated heterocycles. The third kappa shape index (κ3) is 6.08. The molecule has 1 aromatic heterocycles. The van der Waals surface area contributed by atoms with E-state index in [4.69, 9.17) is 14.5 Å². The molecule has 2 aliphatic rings. The van der Waals surface area contributed by atoms with Crippen LogP contribution < -0.4 is 5.32 Å². The number of ether oxygens (including phenoxy) is 2. The number of morpholine rings is 1. The second kappa shape index (κ2) is 11.4. The number of hydrogen-bond donors (Lipinski definition) is 2. The number of carbonyl (C=O) groups excluding carboxylic acids is 1. The number of aliphatic imine (C=N–C) groups is 1. The van der Waals surface area contributed by atoms with E-state index in [9.17, 15) is 19.1 Å². The van der Waals surface area contributed by atoms with E-state index >= 15 is 0 Å². The predicted molar refractivity (Wildman–Crippen MR) is 140 cm³/mol. The van der Waals surface area contributed by atoms with Crippen molar-refractivity contribution in [1.82, 2.24) is 15.2 Å². The largest absolute Gasteiger partial charge is 0.481 e. The second-order valence-electron chi connectivity index (χ2n) is 9.48. The summed E-state index contributed by atoms with van der Waals surface area (Å²) in [5.41, 5.74) is 0.490. The van der Waals surface area contributed by atoms with Crippen LogP contribution in [0.4, 0.5) is 4.39 Å². The van der Waals surface area contributed by atoms with Crippen LogP contribution in [0, 0.1) is 11.2 Å². The van der Waals surface area contributed by atoms with Crippen molar-refractivity contribution >= 4 is 45.0 Å². The van der Waals surface area contributed by atoms with Gasteiger partial charge in [0, 0.05) is 40.9 Å². The van der Waals surface area contributed by atoms with Gasteiger partial charge in [0.2, 0.25) is 0 Å². The van der Waals surface area contributed by atoms with Crippen molar-refractivity contribution in [2.45, 2.75) is 32.4 Å². The van der Waals surface area contributed by atoms with Crippen molar-refractivity contribution < 1.29 is 28.6 Å². The number of benzene rings is 1. The Morgan fingerprint density at radius 1 is 1.41 bits per heavy atom. The maximum absolute atomic E-state index is 13.9. The monoisotopic (exact) mass is 594 g/mol. The van der Waals surface area contributed by atoms with Gasteiger partial charge in [-0.3, -0.25) is 14.7 Å². The Morgan fingerprint density at radius 3 is 2.84 bits per heavy atom. The predicted octanol–water partition coefficient (Wildman–Crippen LogP) is 3.76. The first-order chi connectivity index (χ1) is 17.6. The van der Waals surface area contributed by atoms with Crippen molar-refractivity contribution in [3.05, 3.63) is 61.9 Å². The second-order valence-corrected chi connectivity index (χ2v) is 11.2. The molecule has 0 saturated carbocycles. The third-order valence-corrected chi connectivity index (χ3v) is 7.93. The molecule has 1 unspecified atom stereocenters. The van der Waals surface area contributed by atoms with Crippen LogP contribution in [0.25, 0.3) is 0 Å². The van der Waals surface area contributed by atoms with Crippen molar-refractivity contribution in [2.24, 2.45) is 10.4 Å². The number of esters is 1. The first kappa shape index (κ1) is 27.4. The van der Waals surface area contributed by atoms with Gasteiger partial charge in [-0.2, -0.15) is 0 Å². The third-order valence-electron chi connectivity index (χ3n) is 6.46. The van der Waals surface area contributed by atoms with Crippen LogP contribution >= 0.6 is 27.3 Å². The van der Waals surface area contributed by atoms with E-state index in [-0.39, 0.29) is 11.6 Å². The highest BCUT2D eigenvalue weighted by Crippen LogP contribution is 2.37. The van der Waals surface area contributed by atoms with Gasteiger partial charge in [-0.25, -0.2) is 14.2 Å². The number of nitrogens with one attached hydrogen (secondary N) is 1. The highest BCUT2D eigenvalue weighted by molar-refractivity contribution is 9.10. The van der Waals surface area contributed by atoms with Crippen LogP contribution in [0.3, 0.4) is 0 Å². The van der Waals surface area contributed by atoms with Gasteiger partial charge in [0.1, 0.15) is 11.9 Å². The van der Waals surface area contributed by atoms with Crippen molar-refractivity contribution in [1.29, 1.82) is 0 Å². The molecule has 0 spiro atoms. The molecule has 12 heteroatoms. The summed E-state index contributed by atoms with van der Waals surface area (Å²) in [6, 6.07) is 3.27. The summed E-state index contributed by atoms with van der Waals surface area (Å²) in [6.07, 6.45) is 2.03. The quantitative estimate of drug-likeness (QED) is 0.444. The summed E-state index contributed by atoms with van der Waals surface area (Å²) >= 11 is 4.82. The van der Waals surface area contributed by atoms with Crippen LogP contribution in [0.1, 0.15) is 36.9 Å². The van der Waals surface area contributed by atoms with Gasteiger partial charge in [0.15, 0.2) is 10.8 Å². The number of carboxylic acids is 1. The van der Waals surface area contributed by atoms with E-state index < -0.39 is 29.2 Å². The van der Waals surface area contributed by atoms with Gasteiger partial charge in [0.25, 0.3) is 0 Å². The summed E-state index contributed by atoms with van der Waals surface area (Å²) in [7, 11) is 1.30. The van der Waals surface area contributed by atoms with E-state index in [0.29, 0.717) is 59.3 Å². The van der Waals surface area contributed by atoms with E-state index in [1.165, 1.54) is 30.6 Å². The zero-order chi connectivity index (χ0) is 26.7. The number of aromatic nitrogens is 1. The maximum atomic E-state index is 13.9. The summed E-state index contributed by atoms with van der Waals surface area (Å²) < 4.78 is 25.2. The van der Waals surface area contributed by atoms with Gasteiger partial charge in [-0.1, -0.05) is 22.0 Å². The summed E-state index contributed by atoms with van der Waals surface area (Å²) in [4.78, 5) is 36.3. The van der Waals surface area contributed by atoms with Crippen LogP contribution in [-0.2, 0) is 19.1 Å². The Kier molecular flexibility index (Phi) is 8.42. The Bertz CT molecular complexity index is 1230. The molecule has 1 fully saturated rings. The highest BCUT2D eigenvalue weighted by Gasteiger charge is 2.38. The molecule has 0 amide bonds. The topological polar surface area (TPSA) is 113 Å². The molecule has 198 valence electrons. The van der Waals surface area contributed by atoms with Crippen LogP contribution in [0.15, 0.2) is 50.5 Å². The molecule has 3 heterocycles. The zero-order valence-corrected chi connectivity index (χ0v) is 23.1. The molecule has 1 aromatic carbocycles. The molecule has 2 N–H and O–H groups in total. The molecule has 0 bridgehead atoms. The summed E-state index contributed by atoms with van der Waals surface area (Å²) in [5.74, 6) is -1.40. The highest BCUT2D eigenvalue weighted by atomic mass is 79.9. The molecule has 4 rings (SSSR count). The molecule has 37 heavy (non-hydrogen) atoms. The number of methoxy groups -OCH3 is 1. The number of thiazole rings is 1. The number of halogens is 2. The Morgan fingerprint density at radius 2 is 2.19 bits per heavy atom. The minimum Gasteiger partial charge on any atom is -0.481 e. The van der Waals surface area contributed by atoms with Crippen LogP contribution in [-0.4, -0.2) is 72.2 Å². The first-order valence-corrected chi connectivity index (χ1v) is 13.3. The fourth-order valence-electron chi connectivity index (χ4n) is 4.43. The maximum Gasteiger partial charge on any atom is 0.338 e. The van der Waals surface area contributed by atoms with Gasteiger partial charge >= 0.3 is 11.9 Å². The van der Waals surface area contributed by atoms with Crippen LogP contribution in [0.2, 0.25) is 0 Å². The minimum absolute atomic E-state index is 0.189. The number of hydrogen-bond acceptors (Lipinski definition) is 9. The van der Waals surface area contributed by atoms with Crippen molar-refractivity contribution in [3.8, 4) is 0 Å². The smallest absolute Gasteiger partial charge is 0.338 e. The lowest BCUT2D eigenvalue weighted by Gasteiger charge is -2.40. The SMILES string of the molecule is COC(=O)C1=C(CN2CCOCC2CC(C)(C)C(=O)O)NC(c2nccs2)=N[C@H]1c1ccc(F)cc1Br. The van der Waals surface area contributed by atoms with Crippen molar-refractivity contribution in [2.75, 3.05) is 33.4 Å². The van der Waals surface area contributed by atoms with E-state index in [1.807, 2.05) is 5.38 Å². The number of aliphatic carboxylic acids is 1. The number of nitrogens with zero attached hydrogens (tertiary/aromatic N) is 3. The Hall–Kier alpha value is -2.67. The average molecular weight is 595 g/mol. The molecule has 2 aliphatic heterocycles. The van der Waals surface area contributed by atoms with E-state index in [0.717, 1.165) is 0 Å². The van der Waals surface area contributed by atoms with Gasteiger partial charge < -0.3 is 19.9 Å². The molecule has 0 radical (unpaired) electrons. The number of rotatable bonds is 8. The number of carboxylic acid groups (broad SMARTS) is 1. The van der Waals surface area contributed by atoms with Gasteiger partial charge in [-0.05, 0) is 38.0 Å².